The third-order valence-corrected chi connectivity index (χ3v) is 0.890. The van der Waals surface area contributed by atoms with Crippen molar-refractivity contribution in [1.29, 1.82) is 5.41 Å². The molecule has 3 N–H and O–H groups in total. The SMILES string of the molecule is CC(C)ON(C(=N)N)C(=O)S. The lowest BCUT2D eigenvalue weighted by Crippen LogP contribution is -2.40. The van der Waals surface area contributed by atoms with Crippen molar-refractivity contribution in [2.24, 2.45) is 5.73 Å². The maximum atomic E-state index is 10.6. The van der Waals surface area contributed by atoms with Gasteiger partial charge in [0, 0.05) is 0 Å². The highest BCUT2D eigenvalue weighted by atomic mass is 32.1. The van der Waals surface area contributed by atoms with Gasteiger partial charge in [0.15, 0.2) is 0 Å². The van der Waals surface area contributed by atoms with Crippen molar-refractivity contribution in [2.75, 3.05) is 0 Å². The van der Waals surface area contributed by atoms with E-state index in [9.17, 15) is 4.79 Å². The fraction of sp³-hybridized carbons (Fsp3) is 0.600. The predicted molar refractivity (Wildman–Crippen MR) is 44.4 cm³/mol. The molecule has 0 fully saturated rings. The van der Waals surface area contributed by atoms with Crippen LogP contribution in [-0.4, -0.2) is 22.4 Å². The number of nitrogens with two attached hydrogens (primary N) is 1. The van der Waals surface area contributed by atoms with E-state index in [1.165, 1.54) is 0 Å². The first kappa shape index (κ1) is 10.2. The molecule has 0 radical (unpaired) electrons. The van der Waals surface area contributed by atoms with Gasteiger partial charge < -0.3 is 5.73 Å². The second kappa shape index (κ2) is 4.20. The lowest BCUT2D eigenvalue weighted by molar-refractivity contribution is -0.0914. The van der Waals surface area contributed by atoms with Gasteiger partial charge in [-0.25, -0.2) is 0 Å². The maximum Gasteiger partial charge on any atom is 0.309 e. The molecule has 0 bridgehead atoms. The average Bonchev–Trinajstić information content (AvgIpc) is 1.81. The number of hydrogen-bond donors (Lipinski definition) is 3. The number of rotatable bonds is 2. The van der Waals surface area contributed by atoms with Gasteiger partial charge >= 0.3 is 5.24 Å². The number of nitrogens with zero attached hydrogens (tertiary/aromatic N) is 1. The molecule has 5 nitrogen and oxygen atoms in total. The highest BCUT2D eigenvalue weighted by molar-refractivity contribution is 7.96. The van der Waals surface area contributed by atoms with Gasteiger partial charge in [0.25, 0.3) is 0 Å². The van der Waals surface area contributed by atoms with E-state index < -0.39 is 11.2 Å². The van der Waals surface area contributed by atoms with Crippen LogP contribution in [0.25, 0.3) is 0 Å². The normalized spacial score (nSPS) is 9.82. The van der Waals surface area contributed by atoms with Crippen molar-refractivity contribution in [2.45, 2.75) is 20.0 Å². The first-order valence-electron chi connectivity index (χ1n) is 2.99. The Bertz CT molecular complexity index is 157. The van der Waals surface area contributed by atoms with Gasteiger partial charge in [-0.3, -0.25) is 15.0 Å². The lowest BCUT2D eigenvalue weighted by atomic mass is 10.5. The Hall–Kier alpha value is -0.750. The van der Waals surface area contributed by atoms with E-state index in [2.05, 4.69) is 12.6 Å². The molecule has 0 aliphatic heterocycles. The highest BCUT2D eigenvalue weighted by Crippen LogP contribution is 1.99. The molecule has 0 aromatic rings. The quantitative estimate of drug-likeness (QED) is 0.250. The van der Waals surface area contributed by atoms with E-state index in [1.54, 1.807) is 13.8 Å². The van der Waals surface area contributed by atoms with E-state index in [4.69, 9.17) is 16.0 Å². The number of hydroxylamine groups is 2. The summed E-state index contributed by atoms with van der Waals surface area (Å²) in [7, 11) is 0. The number of carbonyl (C=O) groups is 1. The first-order chi connectivity index (χ1) is 4.95. The molecule has 6 heteroatoms. The molecular weight excluding hydrogens is 166 g/mol. The number of thiol groups is 1. The van der Waals surface area contributed by atoms with Gasteiger partial charge in [0.1, 0.15) is 0 Å². The second-order valence-electron chi connectivity index (χ2n) is 2.12. The Labute approximate surface area is 70.4 Å². The summed E-state index contributed by atoms with van der Waals surface area (Å²) in [6, 6.07) is 0. The molecule has 1 amide bonds. The molecule has 0 aromatic carbocycles. The molecule has 0 atom stereocenters. The van der Waals surface area contributed by atoms with E-state index >= 15 is 0 Å². The molecule has 0 aliphatic rings. The van der Waals surface area contributed by atoms with Crippen molar-refractivity contribution in [3.63, 3.8) is 0 Å². The minimum Gasteiger partial charge on any atom is -0.368 e. The number of hydrogen-bond acceptors (Lipinski definition) is 3. The van der Waals surface area contributed by atoms with Crippen LogP contribution in [-0.2, 0) is 4.84 Å². The first-order valence-corrected chi connectivity index (χ1v) is 3.43. The van der Waals surface area contributed by atoms with Gasteiger partial charge in [0.2, 0.25) is 5.96 Å². The molecule has 0 heterocycles. The van der Waals surface area contributed by atoms with Crippen LogP contribution in [0, 0.1) is 5.41 Å². The summed E-state index contributed by atoms with van der Waals surface area (Å²) in [6.45, 7) is 3.43. The van der Waals surface area contributed by atoms with Crippen molar-refractivity contribution >= 4 is 23.8 Å². The number of guanidine groups is 1. The van der Waals surface area contributed by atoms with Crippen molar-refractivity contribution in [3.8, 4) is 0 Å². The highest BCUT2D eigenvalue weighted by Gasteiger charge is 2.14. The van der Waals surface area contributed by atoms with Crippen LogP contribution >= 0.6 is 12.6 Å². The molecule has 11 heavy (non-hydrogen) atoms. The van der Waals surface area contributed by atoms with Gasteiger partial charge in [-0.2, -0.15) is 0 Å². The lowest BCUT2D eigenvalue weighted by Gasteiger charge is -2.19. The van der Waals surface area contributed by atoms with Gasteiger partial charge in [-0.15, -0.1) is 5.06 Å². The molecule has 0 aromatic heterocycles. The zero-order chi connectivity index (χ0) is 9.02. The van der Waals surface area contributed by atoms with Crippen LogP contribution in [0.15, 0.2) is 0 Å². The molecule has 0 spiro atoms. The Morgan fingerprint density at radius 2 is 2.18 bits per heavy atom. The molecule has 0 unspecified atom stereocenters. The van der Waals surface area contributed by atoms with Gasteiger partial charge in [0.05, 0.1) is 6.10 Å². The Morgan fingerprint density at radius 1 is 1.73 bits per heavy atom. The van der Waals surface area contributed by atoms with E-state index in [0.29, 0.717) is 5.06 Å². The summed E-state index contributed by atoms with van der Waals surface area (Å²) < 4.78 is 0. The number of amides is 1. The molecule has 0 rings (SSSR count). The summed E-state index contributed by atoms with van der Waals surface area (Å²) >= 11 is 3.45. The molecular formula is C5H11N3O2S. The monoisotopic (exact) mass is 177 g/mol. The van der Waals surface area contributed by atoms with Crippen molar-refractivity contribution < 1.29 is 9.63 Å². The van der Waals surface area contributed by atoms with Crippen LogP contribution in [0.3, 0.4) is 0 Å². The van der Waals surface area contributed by atoms with Gasteiger partial charge in [-0.05, 0) is 13.8 Å². The molecule has 0 saturated carbocycles. The summed E-state index contributed by atoms with van der Waals surface area (Å²) in [5, 5.41) is 6.80. The van der Waals surface area contributed by atoms with E-state index in [0.717, 1.165) is 0 Å². The van der Waals surface area contributed by atoms with E-state index in [-0.39, 0.29) is 6.10 Å². The third kappa shape index (κ3) is 3.84. The van der Waals surface area contributed by atoms with Crippen molar-refractivity contribution in [1.82, 2.24) is 5.06 Å². The minimum atomic E-state index is -0.703. The summed E-state index contributed by atoms with van der Waals surface area (Å²) in [4.78, 5) is 15.4. The van der Waals surface area contributed by atoms with Crippen LogP contribution in [0.5, 0.6) is 0 Å². The fourth-order valence-electron chi connectivity index (χ4n) is 0.416. The second-order valence-corrected chi connectivity index (χ2v) is 2.50. The average molecular weight is 177 g/mol. The van der Waals surface area contributed by atoms with Crippen molar-refractivity contribution in [3.05, 3.63) is 0 Å². The largest absolute Gasteiger partial charge is 0.368 e. The molecule has 0 saturated heterocycles. The molecule has 0 aliphatic carbocycles. The van der Waals surface area contributed by atoms with Crippen LogP contribution in [0.4, 0.5) is 4.79 Å². The maximum absolute atomic E-state index is 10.6. The molecule has 64 valence electrons. The Morgan fingerprint density at radius 3 is 2.27 bits per heavy atom. The summed E-state index contributed by atoms with van der Waals surface area (Å²) in [5.74, 6) is -0.473. The van der Waals surface area contributed by atoms with Gasteiger partial charge in [-0.1, -0.05) is 12.6 Å². The standard InChI is InChI=1S/C5H11N3O2S/c1-3(2)10-8(4(6)7)5(9)11/h3H,1-2H3,(H3,6,7)(H,9,11). The van der Waals surface area contributed by atoms with E-state index in [1.807, 2.05) is 0 Å². The predicted octanol–water partition coefficient (Wildman–Crippen LogP) is 0.572. The van der Waals surface area contributed by atoms with Crippen LogP contribution < -0.4 is 5.73 Å². The van der Waals surface area contributed by atoms with Crippen LogP contribution in [0.1, 0.15) is 13.8 Å². The summed E-state index contributed by atoms with van der Waals surface area (Å²) in [5.41, 5.74) is 5.00. The number of nitrogens with one attached hydrogen (secondary N) is 1. The smallest absolute Gasteiger partial charge is 0.309 e. The zero-order valence-electron chi connectivity index (χ0n) is 6.37. The third-order valence-electron chi connectivity index (χ3n) is 0.709. The summed E-state index contributed by atoms with van der Waals surface area (Å²) in [6.07, 6.45) is -0.213. The Kier molecular flexibility index (Phi) is 3.91. The topological polar surface area (TPSA) is 79.4 Å². The fourth-order valence-corrected chi connectivity index (χ4v) is 0.571. The van der Waals surface area contributed by atoms with Crippen LogP contribution in [0.2, 0.25) is 0 Å². The Balaban J connectivity index is 4.12. The minimum absolute atomic E-state index is 0.213. The zero-order valence-corrected chi connectivity index (χ0v) is 7.26. The number of carbonyl (C=O) groups excluding carboxylic acids is 1.